The lowest BCUT2D eigenvalue weighted by molar-refractivity contribution is 0.460. The van der Waals surface area contributed by atoms with Gasteiger partial charge in [0.2, 0.25) is 0 Å². The minimum absolute atomic E-state index is 0.559. The third kappa shape index (κ3) is 3.21. The minimum Gasteiger partial charge on any atom is -0.351 e. The SMILES string of the molecule is C#CCNc1nc2c(s1)C[C@@H](NCCC)CC2. The van der Waals surface area contributed by atoms with Crippen molar-refractivity contribution in [2.75, 3.05) is 18.4 Å². The van der Waals surface area contributed by atoms with Crippen molar-refractivity contribution in [3.63, 3.8) is 0 Å². The highest BCUT2D eigenvalue weighted by Crippen LogP contribution is 2.29. The number of fused-ring (bicyclic) bond motifs is 1. The molecule has 0 aromatic carbocycles. The summed E-state index contributed by atoms with van der Waals surface area (Å²) in [6.45, 7) is 3.88. The maximum Gasteiger partial charge on any atom is 0.183 e. The van der Waals surface area contributed by atoms with E-state index in [1.165, 1.54) is 23.4 Å². The fourth-order valence-corrected chi connectivity index (χ4v) is 3.18. The van der Waals surface area contributed by atoms with E-state index < -0.39 is 0 Å². The van der Waals surface area contributed by atoms with Gasteiger partial charge in [-0.25, -0.2) is 4.98 Å². The Balaban J connectivity index is 1.95. The molecule has 1 atom stereocenters. The smallest absolute Gasteiger partial charge is 0.183 e. The van der Waals surface area contributed by atoms with Gasteiger partial charge in [-0.2, -0.15) is 0 Å². The van der Waals surface area contributed by atoms with Crippen LogP contribution in [0.1, 0.15) is 30.3 Å². The lowest BCUT2D eigenvalue weighted by Crippen LogP contribution is -2.34. The predicted octanol–water partition coefficient (Wildman–Crippen LogP) is 2.05. The Morgan fingerprint density at radius 2 is 2.47 bits per heavy atom. The van der Waals surface area contributed by atoms with Gasteiger partial charge in [-0.1, -0.05) is 12.8 Å². The lowest BCUT2D eigenvalue weighted by atomic mass is 9.98. The van der Waals surface area contributed by atoms with Gasteiger partial charge in [0.05, 0.1) is 12.2 Å². The topological polar surface area (TPSA) is 37.0 Å². The molecule has 0 bridgehead atoms. The van der Waals surface area contributed by atoms with Gasteiger partial charge >= 0.3 is 0 Å². The second kappa shape index (κ2) is 6.04. The molecule has 1 aromatic heterocycles. The molecule has 0 aliphatic heterocycles. The number of terminal acetylenes is 1. The molecule has 1 aromatic rings. The average molecular weight is 249 g/mol. The van der Waals surface area contributed by atoms with Crippen molar-refractivity contribution in [3.05, 3.63) is 10.6 Å². The van der Waals surface area contributed by atoms with Crippen LogP contribution in [-0.4, -0.2) is 24.1 Å². The van der Waals surface area contributed by atoms with E-state index in [0.717, 1.165) is 24.5 Å². The normalized spacial score (nSPS) is 18.5. The van der Waals surface area contributed by atoms with Crippen molar-refractivity contribution >= 4 is 16.5 Å². The number of aryl methyl sites for hydroxylation is 1. The van der Waals surface area contributed by atoms with Crippen LogP contribution >= 0.6 is 11.3 Å². The summed E-state index contributed by atoms with van der Waals surface area (Å²) in [5.41, 5.74) is 1.27. The molecule has 17 heavy (non-hydrogen) atoms. The first-order valence-electron chi connectivity index (χ1n) is 6.22. The van der Waals surface area contributed by atoms with Gasteiger partial charge < -0.3 is 10.6 Å². The van der Waals surface area contributed by atoms with Crippen molar-refractivity contribution in [2.45, 2.75) is 38.6 Å². The van der Waals surface area contributed by atoms with E-state index >= 15 is 0 Å². The largest absolute Gasteiger partial charge is 0.351 e. The molecule has 0 amide bonds. The summed E-state index contributed by atoms with van der Waals surface area (Å²) in [7, 11) is 0. The van der Waals surface area contributed by atoms with Crippen LogP contribution in [0.25, 0.3) is 0 Å². The van der Waals surface area contributed by atoms with Crippen LogP contribution in [0.4, 0.5) is 5.13 Å². The number of anilines is 1. The third-order valence-electron chi connectivity index (χ3n) is 2.96. The van der Waals surface area contributed by atoms with Crippen LogP contribution in [0.3, 0.4) is 0 Å². The minimum atomic E-state index is 0.559. The van der Waals surface area contributed by atoms with Crippen LogP contribution in [0.2, 0.25) is 0 Å². The number of rotatable bonds is 5. The zero-order valence-electron chi connectivity index (χ0n) is 10.3. The van der Waals surface area contributed by atoms with E-state index in [0.29, 0.717) is 12.6 Å². The molecule has 1 aliphatic carbocycles. The summed E-state index contributed by atoms with van der Waals surface area (Å²) in [6, 6.07) is 0.628. The van der Waals surface area contributed by atoms with E-state index in [9.17, 15) is 0 Å². The highest BCUT2D eigenvalue weighted by Gasteiger charge is 2.21. The quantitative estimate of drug-likeness (QED) is 0.784. The fourth-order valence-electron chi connectivity index (χ4n) is 2.10. The molecule has 3 nitrogen and oxygen atoms in total. The molecule has 2 rings (SSSR count). The highest BCUT2D eigenvalue weighted by atomic mass is 32.1. The van der Waals surface area contributed by atoms with E-state index in [1.807, 2.05) is 0 Å². The maximum absolute atomic E-state index is 5.23. The molecule has 0 spiro atoms. The molecule has 0 radical (unpaired) electrons. The number of hydrogen-bond acceptors (Lipinski definition) is 4. The average Bonchev–Trinajstić information content (AvgIpc) is 2.75. The summed E-state index contributed by atoms with van der Waals surface area (Å²) in [4.78, 5) is 6.01. The number of nitrogens with one attached hydrogen (secondary N) is 2. The second-order valence-electron chi connectivity index (χ2n) is 4.34. The summed E-state index contributed by atoms with van der Waals surface area (Å²) < 4.78 is 0. The Morgan fingerprint density at radius 1 is 1.59 bits per heavy atom. The van der Waals surface area contributed by atoms with Gasteiger partial charge in [-0.05, 0) is 32.2 Å². The molecular weight excluding hydrogens is 230 g/mol. The Hall–Kier alpha value is -1.05. The zero-order chi connectivity index (χ0) is 12.1. The predicted molar refractivity (Wildman–Crippen MR) is 73.5 cm³/mol. The molecule has 2 N–H and O–H groups in total. The first-order chi connectivity index (χ1) is 8.33. The first kappa shape index (κ1) is 12.4. The summed E-state index contributed by atoms with van der Waals surface area (Å²) in [6.07, 6.45) is 9.83. The number of hydrogen-bond donors (Lipinski definition) is 2. The number of thiazole rings is 1. The van der Waals surface area contributed by atoms with Crippen molar-refractivity contribution in [1.29, 1.82) is 0 Å². The van der Waals surface area contributed by atoms with Crippen molar-refractivity contribution in [3.8, 4) is 12.3 Å². The molecule has 0 fully saturated rings. The first-order valence-corrected chi connectivity index (χ1v) is 7.04. The third-order valence-corrected chi connectivity index (χ3v) is 4.04. The van der Waals surface area contributed by atoms with Gasteiger partial charge in [-0.3, -0.25) is 0 Å². The van der Waals surface area contributed by atoms with E-state index in [1.54, 1.807) is 11.3 Å². The van der Waals surface area contributed by atoms with Gasteiger partial charge in [0, 0.05) is 10.9 Å². The molecule has 1 heterocycles. The second-order valence-corrected chi connectivity index (χ2v) is 5.42. The van der Waals surface area contributed by atoms with Crippen molar-refractivity contribution < 1.29 is 0 Å². The Labute approximate surface area is 107 Å². The van der Waals surface area contributed by atoms with E-state index in [4.69, 9.17) is 6.42 Å². The molecule has 0 saturated heterocycles. The Kier molecular flexibility index (Phi) is 4.41. The van der Waals surface area contributed by atoms with Gasteiger partial charge in [-0.15, -0.1) is 17.8 Å². The standard InChI is InChI=1S/C13H19N3S/c1-3-7-14-10-5-6-11-12(9-10)17-13(16-11)15-8-4-2/h2,10,14H,3,5-9H2,1H3,(H,15,16)/t10-/m0/s1. The summed E-state index contributed by atoms with van der Waals surface area (Å²) >= 11 is 1.75. The number of nitrogens with zero attached hydrogens (tertiary/aromatic N) is 1. The van der Waals surface area contributed by atoms with Gasteiger partial charge in [0.15, 0.2) is 5.13 Å². The van der Waals surface area contributed by atoms with E-state index in [-0.39, 0.29) is 0 Å². The van der Waals surface area contributed by atoms with Crippen molar-refractivity contribution in [1.82, 2.24) is 10.3 Å². The van der Waals surface area contributed by atoms with Crippen molar-refractivity contribution in [2.24, 2.45) is 0 Å². The molecule has 1 aliphatic rings. The van der Waals surface area contributed by atoms with Crippen LogP contribution in [0.15, 0.2) is 0 Å². The van der Waals surface area contributed by atoms with Crippen LogP contribution < -0.4 is 10.6 Å². The summed E-state index contributed by atoms with van der Waals surface area (Å²) in [5, 5.41) is 7.73. The maximum atomic E-state index is 5.23. The van der Waals surface area contributed by atoms with Gasteiger partial charge in [0.1, 0.15) is 0 Å². The highest BCUT2D eigenvalue weighted by molar-refractivity contribution is 7.15. The van der Waals surface area contributed by atoms with E-state index in [2.05, 4.69) is 28.5 Å². The Morgan fingerprint density at radius 3 is 3.24 bits per heavy atom. The molecule has 0 unspecified atom stereocenters. The zero-order valence-corrected chi connectivity index (χ0v) is 11.1. The lowest BCUT2D eigenvalue weighted by Gasteiger charge is -2.21. The fraction of sp³-hybridized carbons (Fsp3) is 0.615. The van der Waals surface area contributed by atoms with Crippen LogP contribution in [0.5, 0.6) is 0 Å². The summed E-state index contributed by atoms with van der Waals surface area (Å²) in [5.74, 6) is 2.58. The number of aromatic nitrogens is 1. The molecular formula is C13H19N3S. The monoisotopic (exact) mass is 249 g/mol. The molecule has 92 valence electrons. The van der Waals surface area contributed by atoms with Gasteiger partial charge in [0.25, 0.3) is 0 Å². The van der Waals surface area contributed by atoms with Crippen LogP contribution in [-0.2, 0) is 12.8 Å². The Bertz CT molecular complexity index is 405. The van der Waals surface area contributed by atoms with Crippen LogP contribution in [0, 0.1) is 12.3 Å². The molecule has 0 saturated carbocycles. The molecule has 4 heteroatoms.